The first-order chi connectivity index (χ1) is 10.5. The number of carbonyl (C=O) groups is 1. The van der Waals surface area contributed by atoms with Gasteiger partial charge in [0.25, 0.3) is 0 Å². The molecule has 0 bridgehead atoms. The first-order valence-electron chi connectivity index (χ1n) is 7.85. The number of rotatable bonds is 7. The van der Waals surface area contributed by atoms with E-state index >= 15 is 0 Å². The molecule has 1 rings (SSSR count). The number of aromatic hydroxyl groups is 2. The normalized spacial score (nSPS) is 11.1. The molecule has 22 heavy (non-hydrogen) atoms. The Morgan fingerprint density at radius 1 is 1.27 bits per heavy atom. The van der Waals surface area contributed by atoms with Crippen LogP contribution in [0.1, 0.15) is 63.7 Å². The maximum Gasteiger partial charge on any atom is 0.170 e. The fourth-order valence-electron chi connectivity index (χ4n) is 2.02. The molecule has 2 N–H and O–H groups in total. The molecule has 3 heteroatoms. The second kappa shape index (κ2) is 10.7. The second-order valence-electron chi connectivity index (χ2n) is 4.91. The van der Waals surface area contributed by atoms with E-state index in [0.717, 1.165) is 30.4 Å². The van der Waals surface area contributed by atoms with Gasteiger partial charge >= 0.3 is 0 Å². The number of benzene rings is 1. The van der Waals surface area contributed by atoms with Crippen molar-refractivity contribution < 1.29 is 15.0 Å². The number of phenolic OH excluding ortho intramolecular Hbond substituents is 2. The number of phenols is 2. The Morgan fingerprint density at radius 3 is 2.41 bits per heavy atom. The Bertz CT molecular complexity index is 527. The number of Topliss-reactive ketones (excluding diaryl/α,β-unsaturated/α-hetero) is 1. The minimum Gasteiger partial charge on any atom is -0.508 e. The van der Waals surface area contributed by atoms with Crippen LogP contribution in [-0.2, 0) is 0 Å². The van der Waals surface area contributed by atoms with Gasteiger partial charge in [0.15, 0.2) is 5.78 Å². The van der Waals surface area contributed by atoms with Gasteiger partial charge in [0, 0.05) is 12.5 Å². The maximum absolute atomic E-state index is 12.2. The van der Waals surface area contributed by atoms with E-state index < -0.39 is 0 Å². The molecule has 0 saturated heterocycles. The lowest BCUT2D eigenvalue weighted by Gasteiger charge is -2.09. The van der Waals surface area contributed by atoms with Gasteiger partial charge in [0.05, 0.1) is 5.56 Å². The van der Waals surface area contributed by atoms with Crippen LogP contribution in [0, 0.1) is 0 Å². The molecule has 122 valence electrons. The molecule has 0 heterocycles. The van der Waals surface area contributed by atoms with Crippen molar-refractivity contribution in [3.8, 4) is 11.5 Å². The lowest BCUT2D eigenvalue weighted by atomic mass is 9.96. The van der Waals surface area contributed by atoms with E-state index in [4.69, 9.17) is 0 Å². The quantitative estimate of drug-likeness (QED) is 0.524. The molecule has 0 atom stereocenters. The first kappa shape index (κ1) is 20.0. The highest BCUT2D eigenvalue weighted by molar-refractivity contribution is 6.00. The number of carbonyl (C=O) groups excluding carboxylic acids is 1. The van der Waals surface area contributed by atoms with Gasteiger partial charge < -0.3 is 10.2 Å². The monoisotopic (exact) mass is 304 g/mol. The van der Waals surface area contributed by atoms with Crippen molar-refractivity contribution in [2.75, 3.05) is 0 Å². The third-order valence-corrected chi connectivity index (χ3v) is 3.33. The summed E-state index contributed by atoms with van der Waals surface area (Å²) in [6, 6.07) is 4.01. The standard InChI is InChI=1S/C17H22O3.C2H6/c1-4-6-7-12(3)13(5-2)10-16(19)15-9-8-14(18)11-17(15)20;1-2/h5,8-9,11,18,20H,2,4,6-7,10H2,1,3H3;1-2H3/b13-12-;. The van der Waals surface area contributed by atoms with Gasteiger partial charge in [0.1, 0.15) is 11.5 Å². The summed E-state index contributed by atoms with van der Waals surface area (Å²) in [6.07, 6.45) is 5.07. The average Bonchev–Trinajstić information content (AvgIpc) is 2.51. The average molecular weight is 304 g/mol. The molecule has 1 aromatic rings. The third kappa shape index (κ3) is 6.17. The minimum atomic E-state index is -0.190. The number of hydrogen-bond donors (Lipinski definition) is 2. The summed E-state index contributed by atoms with van der Waals surface area (Å²) in [5.74, 6) is -0.421. The molecule has 0 fully saturated rings. The van der Waals surface area contributed by atoms with Crippen LogP contribution in [0.4, 0.5) is 0 Å². The molecule has 0 aromatic heterocycles. The number of unbranched alkanes of at least 4 members (excludes halogenated alkanes) is 1. The van der Waals surface area contributed by atoms with Crippen molar-refractivity contribution >= 4 is 5.78 Å². The largest absolute Gasteiger partial charge is 0.508 e. The van der Waals surface area contributed by atoms with Gasteiger partial charge in [-0.05, 0) is 37.5 Å². The van der Waals surface area contributed by atoms with Crippen LogP contribution in [0.25, 0.3) is 0 Å². The second-order valence-corrected chi connectivity index (χ2v) is 4.91. The Hall–Kier alpha value is -2.03. The van der Waals surface area contributed by atoms with Crippen LogP contribution in [0.2, 0.25) is 0 Å². The molecule has 0 aliphatic carbocycles. The molecule has 0 amide bonds. The van der Waals surface area contributed by atoms with E-state index in [-0.39, 0.29) is 29.3 Å². The van der Waals surface area contributed by atoms with Crippen LogP contribution in [0.3, 0.4) is 0 Å². The Balaban J connectivity index is 0.00000211. The topological polar surface area (TPSA) is 57.5 Å². The SMILES string of the molecule is C=C/C(CC(=O)c1ccc(O)cc1O)=C(\C)CCCC.CC. The summed E-state index contributed by atoms with van der Waals surface area (Å²) in [4.78, 5) is 12.2. The highest BCUT2D eigenvalue weighted by Gasteiger charge is 2.13. The van der Waals surface area contributed by atoms with Crippen molar-refractivity contribution in [3.63, 3.8) is 0 Å². The number of ketones is 1. The fourth-order valence-corrected chi connectivity index (χ4v) is 2.02. The van der Waals surface area contributed by atoms with Gasteiger partial charge in [-0.3, -0.25) is 4.79 Å². The van der Waals surface area contributed by atoms with E-state index in [2.05, 4.69) is 13.5 Å². The highest BCUT2D eigenvalue weighted by atomic mass is 16.3. The van der Waals surface area contributed by atoms with Crippen molar-refractivity contribution in [2.45, 2.75) is 53.4 Å². The van der Waals surface area contributed by atoms with Gasteiger partial charge in [0.2, 0.25) is 0 Å². The van der Waals surface area contributed by atoms with Crippen LogP contribution < -0.4 is 0 Å². The fraction of sp³-hybridized carbons (Fsp3) is 0.421. The molecule has 0 spiro atoms. The molecule has 0 aliphatic rings. The number of hydrogen-bond acceptors (Lipinski definition) is 3. The van der Waals surface area contributed by atoms with Gasteiger partial charge in [-0.1, -0.05) is 45.4 Å². The lowest BCUT2D eigenvalue weighted by molar-refractivity contribution is 0.0991. The predicted molar refractivity (Wildman–Crippen MR) is 92.5 cm³/mol. The molecule has 3 nitrogen and oxygen atoms in total. The molecule has 0 saturated carbocycles. The van der Waals surface area contributed by atoms with E-state index in [1.807, 2.05) is 20.8 Å². The Morgan fingerprint density at radius 2 is 1.91 bits per heavy atom. The van der Waals surface area contributed by atoms with Gasteiger partial charge in [-0.2, -0.15) is 0 Å². The van der Waals surface area contributed by atoms with Crippen LogP contribution in [0.15, 0.2) is 42.0 Å². The first-order valence-corrected chi connectivity index (χ1v) is 7.85. The minimum absolute atomic E-state index is 0.0577. The number of allylic oxidation sites excluding steroid dienone is 3. The molecular weight excluding hydrogens is 276 g/mol. The smallest absolute Gasteiger partial charge is 0.170 e. The lowest BCUT2D eigenvalue weighted by Crippen LogP contribution is -2.02. The molecule has 0 unspecified atom stereocenters. The van der Waals surface area contributed by atoms with Crippen LogP contribution in [0.5, 0.6) is 11.5 Å². The summed E-state index contributed by atoms with van der Waals surface area (Å²) in [5.41, 5.74) is 2.30. The zero-order valence-electron chi connectivity index (χ0n) is 14.1. The third-order valence-electron chi connectivity index (χ3n) is 3.33. The highest BCUT2D eigenvalue weighted by Crippen LogP contribution is 2.26. The summed E-state index contributed by atoms with van der Waals surface area (Å²) < 4.78 is 0. The molecule has 0 radical (unpaired) electrons. The Kier molecular flexibility index (Phi) is 9.68. The van der Waals surface area contributed by atoms with Gasteiger partial charge in [-0.15, -0.1) is 0 Å². The summed E-state index contributed by atoms with van der Waals surface area (Å²) in [7, 11) is 0. The zero-order valence-corrected chi connectivity index (χ0v) is 14.1. The molecule has 0 aliphatic heterocycles. The van der Waals surface area contributed by atoms with E-state index in [1.165, 1.54) is 18.2 Å². The van der Waals surface area contributed by atoms with Crippen molar-refractivity contribution in [3.05, 3.63) is 47.6 Å². The van der Waals surface area contributed by atoms with Crippen LogP contribution >= 0.6 is 0 Å². The van der Waals surface area contributed by atoms with Crippen LogP contribution in [-0.4, -0.2) is 16.0 Å². The van der Waals surface area contributed by atoms with Crippen molar-refractivity contribution in [1.82, 2.24) is 0 Å². The Labute approximate surface area is 134 Å². The molecular formula is C19H28O3. The maximum atomic E-state index is 12.2. The van der Waals surface area contributed by atoms with E-state index in [1.54, 1.807) is 6.08 Å². The van der Waals surface area contributed by atoms with Crippen molar-refractivity contribution in [1.29, 1.82) is 0 Å². The van der Waals surface area contributed by atoms with Crippen molar-refractivity contribution in [2.24, 2.45) is 0 Å². The van der Waals surface area contributed by atoms with E-state index in [9.17, 15) is 15.0 Å². The van der Waals surface area contributed by atoms with Gasteiger partial charge in [-0.25, -0.2) is 0 Å². The molecule has 1 aromatic carbocycles. The summed E-state index contributed by atoms with van der Waals surface area (Å²) in [6.45, 7) is 11.9. The summed E-state index contributed by atoms with van der Waals surface area (Å²) in [5, 5.41) is 18.9. The summed E-state index contributed by atoms with van der Waals surface area (Å²) >= 11 is 0. The zero-order chi connectivity index (χ0) is 17.1. The van der Waals surface area contributed by atoms with E-state index in [0.29, 0.717) is 0 Å². The predicted octanol–water partition coefficient (Wildman–Crippen LogP) is 5.39.